The van der Waals surface area contributed by atoms with Crippen LogP contribution in [-0.2, 0) is 13.0 Å². The third-order valence-corrected chi connectivity index (χ3v) is 3.95. The molecule has 2 aromatic rings. The topological polar surface area (TPSA) is 74.5 Å². The quantitative estimate of drug-likeness (QED) is 0.260. The standard InChI is InChI=1S/C19H28N6O.HI/c1-20-19(22-9-5-12-25-13-11-21-15-25)23-10-8-16-6-4-7-17(14-16)18(26)24(2)3;/h4,6-7,11,13-15H,5,8-10,12H2,1-3H3,(H2,20,22,23);1H. The molecule has 1 heterocycles. The molecule has 27 heavy (non-hydrogen) atoms. The number of guanidine groups is 1. The van der Waals surface area contributed by atoms with Crippen LogP contribution in [0, 0.1) is 0 Å². The van der Waals surface area contributed by atoms with Crippen LogP contribution in [0.4, 0.5) is 0 Å². The van der Waals surface area contributed by atoms with E-state index in [0.717, 1.165) is 49.6 Å². The van der Waals surface area contributed by atoms with Crippen molar-refractivity contribution in [2.45, 2.75) is 19.4 Å². The number of imidazole rings is 1. The lowest BCUT2D eigenvalue weighted by Gasteiger charge is -2.13. The molecule has 148 valence electrons. The van der Waals surface area contributed by atoms with Gasteiger partial charge in [0.25, 0.3) is 5.91 Å². The van der Waals surface area contributed by atoms with Crippen molar-refractivity contribution in [2.75, 3.05) is 34.2 Å². The van der Waals surface area contributed by atoms with Gasteiger partial charge >= 0.3 is 0 Å². The van der Waals surface area contributed by atoms with E-state index in [1.807, 2.05) is 36.8 Å². The number of rotatable bonds is 8. The number of aryl methyl sites for hydroxylation is 1. The molecule has 0 saturated carbocycles. The molecule has 1 amide bonds. The van der Waals surface area contributed by atoms with Crippen LogP contribution in [0.15, 0.2) is 48.0 Å². The third-order valence-electron chi connectivity index (χ3n) is 3.95. The van der Waals surface area contributed by atoms with Gasteiger partial charge in [-0.25, -0.2) is 4.98 Å². The summed E-state index contributed by atoms with van der Waals surface area (Å²) >= 11 is 0. The molecule has 0 fully saturated rings. The molecule has 2 N–H and O–H groups in total. The minimum atomic E-state index is 0. The Hall–Kier alpha value is -2.10. The second-order valence-electron chi connectivity index (χ2n) is 6.23. The Morgan fingerprint density at radius 2 is 2.04 bits per heavy atom. The summed E-state index contributed by atoms with van der Waals surface area (Å²) in [5.41, 5.74) is 1.84. The first-order valence-electron chi connectivity index (χ1n) is 8.81. The fourth-order valence-corrected chi connectivity index (χ4v) is 2.55. The lowest BCUT2D eigenvalue weighted by Crippen LogP contribution is -2.39. The molecule has 0 aliphatic carbocycles. The van der Waals surface area contributed by atoms with Crippen LogP contribution < -0.4 is 10.6 Å². The van der Waals surface area contributed by atoms with Gasteiger partial charge in [0, 0.05) is 58.7 Å². The molecule has 0 aliphatic rings. The zero-order valence-electron chi connectivity index (χ0n) is 16.2. The van der Waals surface area contributed by atoms with Gasteiger partial charge in [0.05, 0.1) is 6.33 Å². The lowest BCUT2D eigenvalue weighted by molar-refractivity contribution is 0.0827. The zero-order valence-corrected chi connectivity index (χ0v) is 18.5. The highest BCUT2D eigenvalue weighted by atomic mass is 127. The molecule has 7 nitrogen and oxygen atoms in total. The number of carbonyl (C=O) groups is 1. The monoisotopic (exact) mass is 484 g/mol. The van der Waals surface area contributed by atoms with E-state index < -0.39 is 0 Å². The highest BCUT2D eigenvalue weighted by Crippen LogP contribution is 2.07. The average molecular weight is 484 g/mol. The summed E-state index contributed by atoms with van der Waals surface area (Å²) in [6, 6.07) is 7.76. The maximum Gasteiger partial charge on any atom is 0.253 e. The van der Waals surface area contributed by atoms with E-state index in [4.69, 9.17) is 0 Å². The third kappa shape index (κ3) is 7.98. The Balaban J connectivity index is 0.00000364. The molecule has 8 heteroatoms. The molecule has 1 aromatic heterocycles. The molecular weight excluding hydrogens is 455 g/mol. The van der Waals surface area contributed by atoms with E-state index in [1.54, 1.807) is 32.2 Å². The average Bonchev–Trinajstić information content (AvgIpc) is 3.16. The number of aliphatic imine (C=N–C) groups is 1. The van der Waals surface area contributed by atoms with E-state index in [-0.39, 0.29) is 29.9 Å². The summed E-state index contributed by atoms with van der Waals surface area (Å²) in [6.07, 6.45) is 7.38. The Bertz CT molecular complexity index is 715. The normalized spacial score (nSPS) is 10.9. The van der Waals surface area contributed by atoms with E-state index >= 15 is 0 Å². The van der Waals surface area contributed by atoms with E-state index in [9.17, 15) is 4.79 Å². The Kier molecular flexibility index (Phi) is 10.5. The van der Waals surface area contributed by atoms with Crippen molar-refractivity contribution in [3.05, 3.63) is 54.1 Å². The highest BCUT2D eigenvalue weighted by Gasteiger charge is 2.08. The van der Waals surface area contributed by atoms with E-state index in [2.05, 4.69) is 25.2 Å². The fraction of sp³-hybridized carbons (Fsp3) is 0.421. The summed E-state index contributed by atoms with van der Waals surface area (Å²) in [5.74, 6) is 0.811. The fourth-order valence-electron chi connectivity index (χ4n) is 2.55. The lowest BCUT2D eigenvalue weighted by atomic mass is 10.1. The van der Waals surface area contributed by atoms with Crippen molar-refractivity contribution in [3.63, 3.8) is 0 Å². The van der Waals surface area contributed by atoms with Crippen LogP contribution in [0.25, 0.3) is 0 Å². The number of hydrogen-bond donors (Lipinski definition) is 2. The van der Waals surface area contributed by atoms with Gasteiger partial charge in [0.2, 0.25) is 0 Å². The number of nitrogens with one attached hydrogen (secondary N) is 2. The summed E-state index contributed by atoms with van der Waals surface area (Å²) < 4.78 is 2.06. The Labute approximate surface area is 178 Å². The molecule has 1 aromatic carbocycles. The van der Waals surface area contributed by atoms with Gasteiger partial charge in [-0.15, -0.1) is 24.0 Å². The molecule has 0 aliphatic heterocycles. The van der Waals surface area contributed by atoms with Crippen molar-refractivity contribution >= 4 is 35.8 Å². The summed E-state index contributed by atoms with van der Waals surface area (Å²) in [4.78, 5) is 21.9. The predicted molar refractivity (Wildman–Crippen MR) is 120 cm³/mol. The second kappa shape index (κ2) is 12.3. The molecule has 0 spiro atoms. The minimum Gasteiger partial charge on any atom is -0.356 e. The Morgan fingerprint density at radius 1 is 1.26 bits per heavy atom. The van der Waals surface area contributed by atoms with Crippen LogP contribution in [0.1, 0.15) is 22.3 Å². The van der Waals surface area contributed by atoms with Gasteiger partial charge < -0.3 is 20.1 Å². The van der Waals surface area contributed by atoms with Crippen LogP contribution in [0.3, 0.4) is 0 Å². The molecule has 0 saturated heterocycles. The van der Waals surface area contributed by atoms with Gasteiger partial charge in [0.1, 0.15) is 0 Å². The summed E-state index contributed by atoms with van der Waals surface area (Å²) in [5, 5.41) is 6.61. The Morgan fingerprint density at radius 3 is 2.70 bits per heavy atom. The van der Waals surface area contributed by atoms with Crippen LogP contribution in [0.5, 0.6) is 0 Å². The van der Waals surface area contributed by atoms with Crippen molar-refractivity contribution in [2.24, 2.45) is 4.99 Å². The summed E-state index contributed by atoms with van der Waals surface area (Å²) in [7, 11) is 5.29. The SMILES string of the molecule is CN=C(NCCCn1ccnc1)NCCc1cccc(C(=O)N(C)C)c1.I. The number of hydrogen-bond acceptors (Lipinski definition) is 3. The number of benzene rings is 1. The second-order valence-corrected chi connectivity index (χ2v) is 6.23. The summed E-state index contributed by atoms with van der Waals surface area (Å²) in [6.45, 7) is 2.52. The largest absolute Gasteiger partial charge is 0.356 e. The first-order valence-corrected chi connectivity index (χ1v) is 8.81. The van der Waals surface area contributed by atoms with Crippen LogP contribution in [-0.4, -0.2) is 60.6 Å². The molecular formula is C19H29IN6O. The van der Waals surface area contributed by atoms with E-state index in [1.165, 1.54) is 0 Å². The first kappa shape index (κ1) is 22.9. The molecule has 0 bridgehead atoms. The van der Waals surface area contributed by atoms with Crippen LogP contribution in [0.2, 0.25) is 0 Å². The van der Waals surface area contributed by atoms with Gasteiger partial charge in [-0.05, 0) is 30.5 Å². The van der Waals surface area contributed by atoms with Crippen molar-refractivity contribution in [1.29, 1.82) is 0 Å². The highest BCUT2D eigenvalue weighted by molar-refractivity contribution is 14.0. The molecule has 0 atom stereocenters. The van der Waals surface area contributed by atoms with Gasteiger partial charge in [-0.1, -0.05) is 12.1 Å². The van der Waals surface area contributed by atoms with Crippen molar-refractivity contribution < 1.29 is 4.79 Å². The number of carbonyl (C=O) groups excluding carboxylic acids is 1. The van der Waals surface area contributed by atoms with Crippen molar-refractivity contribution in [1.82, 2.24) is 25.1 Å². The number of halogens is 1. The maximum atomic E-state index is 12.0. The van der Waals surface area contributed by atoms with E-state index in [0.29, 0.717) is 0 Å². The smallest absolute Gasteiger partial charge is 0.253 e. The molecule has 0 radical (unpaired) electrons. The van der Waals surface area contributed by atoms with Gasteiger partial charge in [0.15, 0.2) is 5.96 Å². The molecule has 0 unspecified atom stereocenters. The van der Waals surface area contributed by atoms with Gasteiger partial charge in [-0.2, -0.15) is 0 Å². The number of nitrogens with zero attached hydrogens (tertiary/aromatic N) is 4. The first-order chi connectivity index (χ1) is 12.6. The number of aromatic nitrogens is 2. The predicted octanol–water partition coefficient (Wildman–Crippen LogP) is 2.00. The van der Waals surface area contributed by atoms with Crippen LogP contribution >= 0.6 is 24.0 Å². The van der Waals surface area contributed by atoms with Crippen molar-refractivity contribution in [3.8, 4) is 0 Å². The maximum absolute atomic E-state index is 12.0. The minimum absolute atomic E-state index is 0. The van der Waals surface area contributed by atoms with Gasteiger partial charge in [-0.3, -0.25) is 9.79 Å². The molecule has 2 rings (SSSR count). The number of amides is 1. The zero-order chi connectivity index (χ0) is 18.8.